The van der Waals surface area contributed by atoms with Gasteiger partial charge in [0.25, 0.3) is 5.91 Å². The average molecular weight is 390 g/mol. The van der Waals surface area contributed by atoms with Crippen molar-refractivity contribution >= 4 is 17.4 Å². The molecule has 1 amide bonds. The van der Waals surface area contributed by atoms with Gasteiger partial charge in [0.05, 0.1) is 0 Å². The molecule has 1 heterocycles. The Bertz CT molecular complexity index is 913. The van der Waals surface area contributed by atoms with Crippen LogP contribution in [0.15, 0.2) is 72.8 Å². The van der Waals surface area contributed by atoms with Gasteiger partial charge in [0.15, 0.2) is 5.69 Å². The van der Waals surface area contributed by atoms with Crippen LogP contribution in [-0.2, 0) is 0 Å². The Labute approximate surface area is 171 Å². The maximum Gasteiger partial charge on any atom is 0.276 e. The first kappa shape index (κ1) is 20.5. The van der Waals surface area contributed by atoms with Crippen molar-refractivity contribution in [1.82, 2.24) is 10.2 Å². The summed E-state index contributed by atoms with van der Waals surface area (Å²) in [6, 6.07) is 22.7. The van der Waals surface area contributed by atoms with Crippen LogP contribution in [0.3, 0.4) is 0 Å². The molecular formula is C23H26N4O2. The summed E-state index contributed by atoms with van der Waals surface area (Å²) in [6.45, 7) is 4.73. The summed E-state index contributed by atoms with van der Waals surface area (Å²) in [5.74, 6) is 0.353. The highest BCUT2D eigenvalue weighted by Crippen LogP contribution is 2.35. The second-order valence-corrected chi connectivity index (χ2v) is 7.61. The summed E-state index contributed by atoms with van der Waals surface area (Å²) in [6.07, 6.45) is 0. The smallest absolute Gasteiger partial charge is 0.276 e. The lowest BCUT2D eigenvalue weighted by Crippen LogP contribution is -2.31. The van der Waals surface area contributed by atoms with Crippen LogP contribution in [0.25, 0.3) is 0 Å². The van der Waals surface area contributed by atoms with Crippen molar-refractivity contribution in [3.63, 3.8) is 0 Å². The van der Waals surface area contributed by atoms with Gasteiger partial charge in [-0.15, -0.1) is 10.2 Å². The largest absolute Gasteiger partial charge is 0.396 e. The zero-order chi connectivity index (χ0) is 20.7. The first-order chi connectivity index (χ1) is 14.0. The lowest BCUT2D eigenvalue weighted by Gasteiger charge is -2.33. The van der Waals surface area contributed by atoms with Crippen LogP contribution in [0, 0.1) is 5.41 Å². The standard InChI is InChI=1S/C23H26N4O2/c1-23(2,16-28)19(17-9-5-3-6-10-17)15-24-21-14-13-20(26-27-21)22(29)25-18-11-7-4-8-12-18/h3-14,19,28H,15-16H2,1-2H3,(H,24,27)(H,25,29). The van der Waals surface area contributed by atoms with E-state index in [0.717, 1.165) is 5.56 Å². The third-order valence-corrected chi connectivity index (χ3v) is 4.97. The third kappa shape index (κ3) is 5.39. The van der Waals surface area contributed by atoms with Crippen molar-refractivity contribution in [2.45, 2.75) is 19.8 Å². The molecule has 0 aliphatic rings. The van der Waals surface area contributed by atoms with Crippen LogP contribution in [0.1, 0.15) is 35.8 Å². The lowest BCUT2D eigenvalue weighted by molar-refractivity contribution is 0.102. The Morgan fingerprint density at radius 3 is 2.21 bits per heavy atom. The van der Waals surface area contributed by atoms with E-state index in [4.69, 9.17) is 0 Å². The summed E-state index contributed by atoms with van der Waals surface area (Å²) in [4.78, 5) is 12.3. The lowest BCUT2D eigenvalue weighted by atomic mass is 9.75. The highest BCUT2D eigenvalue weighted by Gasteiger charge is 2.30. The second-order valence-electron chi connectivity index (χ2n) is 7.61. The molecule has 0 bridgehead atoms. The summed E-state index contributed by atoms with van der Waals surface area (Å²) in [5, 5.41) is 24.1. The number of rotatable bonds is 8. The fourth-order valence-corrected chi connectivity index (χ4v) is 3.11. The Morgan fingerprint density at radius 2 is 1.62 bits per heavy atom. The van der Waals surface area contributed by atoms with E-state index in [2.05, 4.69) is 33.0 Å². The molecule has 6 heteroatoms. The van der Waals surface area contributed by atoms with Gasteiger partial charge in [0.1, 0.15) is 5.82 Å². The maximum atomic E-state index is 12.3. The van der Waals surface area contributed by atoms with E-state index in [1.54, 1.807) is 12.1 Å². The number of aromatic nitrogens is 2. The van der Waals surface area contributed by atoms with Crippen molar-refractivity contribution in [1.29, 1.82) is 0 Å². The molecule has 6 nitrogen and oxygen atoms in total. The van der Waals surface area contributed by atoms with Gasteiger partial charge in [0.2, 0.25) is 0 Å². The number of aliphatic hydroxyl groups is 1. The Hall–Kier alpha value is -3.25. The monoisotopic (exact) mass is 390 g/mol. The minimum atomic E-state index is -0.308. The number of nitrogens with one attached hydrogen (secondary N) is 2. The van der Waals surface area contributed by atoms with Crippen LogP contribution in [0.4, 0.5) is 11.5 Å². The van der Waals surface area contributed by atoms with E-state index >= 15 is 0 Å². The predicted molar refractivity (Wildman–Crippen MR) is 115 cm³/mol. The molecule has 1 unspecified atom stereocenters. The van der Waals surface area contributed by atoms with E-state index in [9.17, 15) is 9.90 Å². The number of hydrogen-bond acceptors (Lipinski definition) is 5. The van der Waals surface area contributed by atoms with Gasteiger partial charge < -0.3 is 15.7 Å². The van der Waals surface area contributed by atoms with Gasteiger partial charge in [-0.1, -0.05) is 62.4 Å². The minimum absolute atomic E-state index is 0.0680. The SMILES string of the molecule is CC(C)(CO)C(CNc1ccc(C(=O)Nc2ccccc2)nn1)c1ccccc1. The number of carbonyl (C=O) groups is 1. The molecule has 1 aromatic heterocycles. The molecule has 0 radical (unpaired) electrons. The molecule has 0 saturated heterocycles. The number of anilines is 2. The van der Waals surface area contributed by atoms with Gasteiger partial charge in [-0.25, -0.2) is 0 Å². The van der Waals surface area contributed by atoms with Crippen molar-refractivity contribution < 1.29 is 9.90 Å². The normalized spacial score (nSPS) is 12.2. The fraction of sp³-hybridized carbons (Fsp3) is 0.261. The van der Waals surface area contributed by atoms with Gasteiger partial charge in [-0.05, 0) is 35.2 Å². The zero-order valence-electron chi connectivity index (χ0n) is 16.7. The number of aliphatic hydroxyl groups excluding tert-OH is 1. The first-order valence-corrected chi connectivity index (χ1v) is 9.59. The average Bonchev–Trinajstić information content (AvgIpc) is 2.75. The molecular weight excluding hydrogens is 364 g/mol. The topological polar surface area (TPSA) is 87.1 Å². The number of amides is 1. The number of hydrogen-bond donors (Lipinski definition) is 3. The highest BCUT2D eigenvalue weighted by atomic mass is 16.3. The van der Waals surface area contributed by atoms with Gasteiger partial charge in [-0.2, -0.15) is 0 Å². The number of benzene rings is 2. The quantitative estimate of drug-likeness (QED) is 0.542. The van der Waals surface area contributed by atoms with Crippen LogP contribution in [-0.4, -0.2) is 34.4 Å². The fourth-order valence-electron chi connectivity index (χ4n) is 3.11. The molecule has 1 atom stereocenters. The molecule has 0 aliphatic carbocycles. The molecule has 3 aromatic rings. The molecule has 0 spiro atoms. The minimum Gasteiger partial charge on any atom is -0.396 e. The van der Waals surface area contributed by atoms with Gasteiger partial charge >= 0.3 is 0 Å². The number of carbonyl (C=O) groups excluding carboxylic acids is 1. The number of para-hydroxylation sites is 1. The van der Waals surface area contributed by atoms with Crippen LogP contribution >= 0.6 is 0 Å². The van der Waals surface area contributed by atoms with E-state index in [1.807, 2.05) is 62.4 Å². The molecule has 2 aromatic carbocycles. The third-order valence-electron chi connectivity index (χ3n) is 4.97. The second kappa shape index (κ2) is 9.30. The molecule has 0 fully saturated rings. The first-order valence-electron chi connectivity index (χ1n) is 9.59. The number of nitrogens with zero attached hydrogens (tertiary/aromatic N) is 2. The van der Waals surface area contributed by atoms with E-state index in [0.29, 0.717) is 18.1 Å². The zero-order valence-corrected chi connectivity index (χ0v) is 16.7. The molecule has 3 N–H and O–H groups in total. The van der Waals surface area contributed by atoms with Crippen molar-refractivity contribution in [3.8, 4) is 0 Å². The van der Waals surface area contributed by atoms with Crippen LogP contribution < -0.4 is 10.6 Å². The van der Waals surface area contributed by atoms with Gasteiger partial charge in [-0.3, -0.25) is 4.79 Å². The Balaban J connectivity index is 1.66. The summed E-state index contributed by atoms with van der Waals surface area (Å²) >= 11 is 0. The molecule has 0 saturated carbocycles. The molecule has 29 heavy (non-hydrogen) atoms. The van der Waals surface area contributed by atoms with Crippen molar-refractivity contribution in [2.24, 2.45) is 5.41 Å². The summed E-state index contributed by atoms with van der Waals surface area (Å²) < 4.78 is 0. The van der Waals surface area contributed by atoms with Gasteiger partial charge in [0, 0.05) is 24.8 Å². The van der Waals surface area contributed by atoms with Crippen LogP contribution in [0.5, 0.6) is 0 Å². The predicted octanol–water partition coefficient (Wildman–Crippen LogP) is 3.94. The molecule has 150 valence electrons. The summed E-state index contributed by atoms with van der Waals surface area (Å²) in [5.41, 5.74) is 1.79. The Morgan fingerprint density at radius 1 is 0.966 bits per heavy atom. The Kier molecular flexibility index (Phi) is 6.57. The van der Waals surface area contributed by atoms with Crippen LogP contribution in [0.2, 0.25) is 0 Å². The van der Waals surface area contributed by atoms with Crippen molar-refractivity contribution in [2.75, 3.05) is 23.8 Å². The van der Waals surface area contributed by atoms with E-state index in [-0.39, 0.29) is 29.5 Å². The highest BCUT2D eigenvalue weighted by molar-refractivity contribution is 6.02. The summed E-state index contributed by atoms with van der Waals surface area (Å²) in [7, 11) is 0. The maximum absolute atomic E-state index is 12.3. The molecule has 0 aliphatic heterocycles. The van der Waals surface area contributed by atoms with E-state index < -0.39 is 0 Å². The van der Waals surface area contributed by atoms with E-state index in [1.165, 1.54) is 0 Å². The van der Waals surface area contributed by atoms with Crippen molar-refractivity contribution in [3.05, 3.63) is 84.1 Å². The molecule has 3 rings (SSSR count).